The summed E-state index contributed by atoms with van der Waals surface area (Å²) in [4.78, 5) is 9.88. The van der Waals surface area contributed by atoms with Gasteiger partial charge in [-0.15, -0.1) is 0 Å². The highest BCUT2D eigenvalue weighted by Crippen LogP contribution is 2.44. The third kappa shape index (κ3) is 2.83. The number of para-hydroxylation sites is 1. The second-order valence-electron chi connectivity index (χ2n) is 9.01. The lowest BCUT2D eigenvalue weighted by Crippen LogP contribution is -2.35. The van der Waals surface area contributed by atoms with Gasteiger partial charge in [-0.25, -0.2) is 9.97 Å². The molecule has 28 heavy (non-hydrogen) atoms. The molecule has 0 spiro atoms. The number of nitrogens with zero attached hydrogens (tertiary/aromatic N) is 3. The molecule has 0 radical (unpaired) electrons. The van der Waals surface area contributed by atoms with Gasteiger partial charge in [0.25, 0.3) is 0 Å². The molecule has 0 saturated heterocycles. The Morgan fingerprint density at radius 1 is 1.29 bits per heavy atom. The average Bonchev–Trinajstić information content (AvgIpc) is 3.00. The highest BCUT2D eigenvalue weighted by atomic mass is 16.3. The lowest BCUT2D eigenvalue weighted by atomic mass is 9.74. The molecular weight excluding hydrogens is 346 g/mol. The number of rotatable bonds is 2. The van der Waals surface area contributed by atoms with E-state index in [0.717, 1.165) is 47.2 Å². The summed E-state index contributed by atoms with van der Waals surface area (Å²) in [6.45, 7) is 15.6. The van der Waals surface area contributed by atoms with Crippen LogP contribution in [0.15, 0.2) is 24.3 Å². The molecule has 146 valence electrons. The molecule has 0 bridgehead atoms. The van der Waals surface area contributed by atoms with E-state index in [4.69, 9.17) is 9.97 Å². The van der Waals surface area contributed by atoms with Crippen molar-refractivity contribution in [2.75, 3.05) is 0 Å². The van der Waals surface area contributed by atoms with E-state index in [0.29, 0.717) is 5.35 Å². The maximum atomic E-state index is 10.1. The number of hydrogen-bond donors (Lipinski definition) is 1. The van der Waals surface area contributed by atoms with Crippen LogP contribution in [0.4, 0.5) is 0 Å². The molecule has 1 N–H and O–H groups in total. The number of aliphatic hydroxyl groups excluding tert-OH is 1. The van der Waals surface area contributed by atoms with Gasteiger partial charge in [0, 0.05) is 17.7 Å². The Hall–Kier alpha value is -2.62. The number of pyridine rings is 1. The minimum Gasteiger partial charge on any atom is -0.512 e. The van der Waals surface area contributed by atoms with Crippen molar-refractivity contribution in [2.24, 2.45) is 5.41 Å². The zero-order chi connectivity index (χ0) is 20.2. The summed E-state index contributed by atoms with van der Waals surface area (Å²) < 4.78 is 2.33. The summed E-state index contributed by atoms with van der Waals surface area (Å²) >= 11 is 0. The summed E-state index contributed by atoms with van der Waals surface area (Å²) in [6, 6.07) is 8.56. The summed E-state index contributed by atoms with van der Waals surface area (Å²) in [6.07, 6.45) is 2.12. The van der Waals surface area contributed by atoms with Crippen LogP contribution in [0.3, 0.4) is 0 Å². The highest BCUT2D eigenvalue weighted by molar-refractivity contribution is 5.84. The lowest BCUT2D eigenvalue weighted by molar-refractivity contribution is 0.288. The Bertz CT molecular complexity index is 1180. The fourth-order valence-corrected chi connectivity index (χ4v) is 4.39. The largest absolute Gasteiger partial charge is 0.512 e. The van der Waals surface area contributed by atoms with Gasteiger partial charge in [-0.3, -0.25) is 0 Å². The number of aromatic nitrogens is 3. The Morgan fingerprint density at radius 3 is 2.68 bits per heavy atom. The van der Waals surface area contributed by atoms with Gasteiger partial charge in [-0.2, -0.15) is 0 Å². The van der Waals surface area contributed by atoms with E-state index in [-0.39, 0.29) is 17.1 Å². The number of aliphatic hydroxyl groups is 1. The maximum absolute atomic E-state index is 10.1. The number of benzene rings is 1. The van der Waals surface area contributed by atoms with E-state index < -0.39 is 0 Å². The summed E-state index contributed by atoms with van der Waals surface area (Å²) in [7, 11) is 0. The quantitative estimate of drug-likeness (QED) is 0.727. The first-order valence-electron chi connectivity index (χ1n) is 10.1. The molecule has 4 rings (SSSR count). The Morgan fingerprint density at radius 2 is 2.04 bits per heavy atom. The van der Waals surface area contributed by atoms with E-state index in [2.05, 4.69) is 63.1 Å². The van der Waals surface area contributed by atoms with Crippen LogP contribution in [0.25, 0.3) is 34.9 Å². The molecule has 1 aliphatic rings. The zero-order valence-corrected chi connectivity index (χ0v) is 17.5. The SMILES string of the molecule is C=c1nc2c(cc1=C(C)O)C(C(C)(C)C)Cn1c-2nc2c(CCC)cccc21. The maximum Gasteiger partial charge on any atom is 0.160 e. The monoisotopic (exact) mass is 375 g/mol. The number of hydrogen-bond acceptors (Lipinski definition) is 3. The molecule has 3 aromatic rings. The molecule has 3 heterocycles. The second kappa shape index (κ2) is 6.47. The van der Waals surface area contributed by atoms with Gasteiger partial charge in [-0.1, -0.05) is 52.8 Å². The third-order valence-corrected chi connectivity index (χ3v) is 5.90. The van der Waals surface area contributed by atoms with E-state index in [1.54, 1.807) is 6.92 Å². The van der Waals surface area contributed by atoms with Gasteiger partial charge in [0.15, 0.2) is 5.82 Å². The molecule has 0 fully saturated rings. The normalized spacial score (nSPS) is 17.4. The van der Waals surface area contributed by atoms with Crippen LogP contribution in [0.5, 0.6) is 0 Å². The Labute approximate surface area is 166 Å². The molecule has 1 aromatic carbocycles. The van der Waals surface area contributed by atoms with Gasteiger partial charge < -0.3 is 9.67 Å². The summed E-state index contributed by atoms with van der Waals surface area (Å²) in [5.41, 5.74) is 5.67. The molecular formula is C24H29N3O. The topological polar surface area (TPSA) is 50.9 Å². The minimum atomic E-state index is 0.0507. The fourth-order valence-electron chi connectivity index (χ4n) is 4.39. The van der Waals surface area contributed by atoms with Crippen molar-refractivity contribution >= 4 is 23.4 Å². The fraction of sp³-hybridized carbons (Fsp3) is 0.417. The summed E-state index contributed by atoms with van der Waals surface area (Å²) in [5.74, 6) is 1.45. The van der Waals surface area contributed by atoms with Gasteiger partial charge in [0.2, 0.25) is 0 Å². The van der Waals surface area contributed by atoms with Crippen LogP contribution in [-0.2, 0) is 13.0 Å². The first-order chi connectivity index (χ1) is 13.2. The van der Waals surface area contributed by atoms with E-state index in [1.807, 2.05) is 0 Å². The van der Waals surface area contributed by atoms with Gasteiger partial charge in [0.1, 0.15) is 5.69 Å². The molecule has 4 heteroatoms. The van der Waals surface area contributed by atoms with Crippen molar-refractivity contribution < 1.29 is 5.11 Å². The second-order valence-corrected chi connectivity index (χ2v) is 9.01. The van der Waals surface area contributed by atoms with Crippen LogP contribution < -0.4 is 10.6 Å². The smallest absolute Gasteiger partial charge is 0.160 e. The first kappa shape index (κ1) is 18.7. The molecule has 0 amide bonds. The molecule has 0 saturated carbocycles. The first-order valence-corrected chi connectivity index (χ1v) is 10.1. The van der Waals surface area contributed by atoms with Gasteiger partial charge >= 0.3 is 0 Å². The predicted octanol–water partition coefficient (Wildman–Crippen LogP) is 4.29. The van der Waals surface area contributed by atoms with Crippen LogP contribution in [-0.4, -0.2) is 19.6 Å². The van der Waals surface area contributed by atoms with Crippen molar-refractivity contribution in [3.8, 4) is 11.5 Å². The van der Waals surface area contributed by atoms with Crippen molar-refractivity contribution in [3.05, 3.63) is 46.0 Å². The van der Waals surface area contributed by atoms with Crippen LogP contribution in [0.1, 0.15) is 58.1 Å². The van der Waals surface area contributed by atoms with Crippen LogP contribution in [0, 0.1) is 5.41 Å². The molecule has 0 aliphatic carbocycles. The van der Waals surface area contributed by atoms with Crippen molar-refractivity contribution in [1.82, 2.24) is 14.5 Å². The molecule has 1 aliphatic heterocycles. The zero-order valence-electron chi connectivity index (χ0n) is 17.5. The Balaban J connectivity index is 2.08. The molecule has 2 aromatic heterocycles. The Kier molecular flexibility index (Phi) is 4.33. The lowest BCUT2D eigenvalue weighted by Gasteiger charge is -2.36. The predicted molar refractivity (Wildman–Crippen MR) is 116 cm³/mol. The highest BCUT2D eigenvalue weighted by Gasteiger charge is 2.36. The van der Waals surface area contributed by atoms with E-state index >= 15 is 0 Å². The van der Waals surface area contributed by atoms with Crippen molar-refractivity contribution in [2.45, 2.75) is 59.9 Å². The van der Waals surface area contributed by atoms with Gasteiger partial charge in [-0.05, 0) is 42.0 Å². The molecule has 1 atom stereocenters. The average molecular weight is 376 g/mol. The van der Waals surface area contributed by atoms with E-state index in [1.165, 1.54) is 11.1 Å². The molecule has 4 nitrogen and oxygen atoms in total. The minimum absolute atomic E-state index is 0.0507. The summed E-state index contributed by atoms with van der Waals surface area (Å²) in [5, 5.41) is 11.4. The van der Waals surface area contributed by atoms with Crippen molar-refractivity contribution in [3.63, 3.8) is 0 Å². The number of imidazole rings is 1. The third-order valence-electron chi connectivity index (χ3n) is 5.90. The number of fused-ring (bicyclic) bond motifs is 5. The van der Waals surface area contributed by atoms with Crippen molar-refractivity contribution in [1.29, 1.82) is 0 Å². The number of aryl methyl sites for hydroxylation is 1. The molecule has 1 unspecified atom stereocenters. The van der Waals surface area contributed by atoms with Crippen LogP contribution >= 0.6 is 0 Å². The van der Waals surface area contributed by atoms with Crippen LogP contribution in [0.2, 0.25) is 0 Å². The van der Waals surface area contributed by atoms with E-state index in [9.17, 15) is 5.11 Å². The standard InChI is InChI=1S/C24H29N3O/c1-7-9-16-10-8-11-20-21(16)26-23-22-18(12-17(15(3)28)14(2)25-22)19(13-27(20)23)24(4,5)6/h8,10-12,19,28H,2,7,9,13H2,1,3-6H3. The van der Waals surface area contributed by atoms with Gasteiger partial charge in [0.05, 0.1) is 22.1 Å².